The first-order valence-electron chi connectivity index (χ1n) is 4.53. The van der Waals surface area contributed by atoms with E-state index in [-0.39, 0.29) is 0 Å². The Kier molecular flexibility index (Phi) is 3.90. The lowest BCUT2D eigenvalue weighted by molar-refractivity contribution is 1.16. The molecule has 1 aromatic carbocycles. The van der Waals surface area contributed by atoms with E-state index in [0.29, 0.717) is 0 Å². The lowest BCUT2D eigenvalue weighted by atomic mass is 10.3. The molecular formula is C11H15NS. The maximum absolute atomic E-state index is 2.14. The minimum Gasteiger partial charge on any atom is -0.350 e. The third-order valence-electron chi connectivity index (χ3n) is 1.72. The van der Waals surface area contributed by atoms with Gasteiger partial charge in [0.05, 0.1) is 5.69 Å². The molecule has 0 aliphatic carbocycles. The molecule has 0 bridgehead atoms. The molecule has 0 N–H and O–H groups in total. The van der Waals surface area contributed by atoms with Crippen molar-refractivity contribution >= 4 is 17.4 Å². The standard InChI is InChI=1S/C9H9NS.C2H6/c1-10-6-7-11-9-5-3-2-4-8(9)10;1-2/h2-7H,1H3;1-2H3. The Hall–Kier alpha value is -0.890. The van der Waals surface area contributed by atoms with Gasteiger partial charge in [-0.05, 0) is 17.5 Å². The summed E-state index contributed by atoms with van der Waals surface area (Å²) < 4.78 is 0. The first-order chi connectivity index (χ1) is 6.38. The molecule has 2 heteroatoms. The molecule has 0 fully saturated rings. The minimum absolute atomic E-state index is 1.29. The third-order valence-corrected chi connectivity index (χ3v) is 2.58. The Balaban J connectivity index is 0.000000396. The number of thioether (sulfide) groups is 1. The minimum atomic E-state index is 1.29. The van der Waals surface area contributed by atoms with Crippen LogP contribution in [0.2, 0.25) is 0 Å². The largest absolute Gasteiger partial charge is 0.350 e. The molecule has 0 aromatic heterocycles. The van der Waals surface area contributed by atoms with Crippen LogP contribution >= 0.6 is 11.8 Å². The molecule has 0 atom stereocenters. The van der Waals surface area contributed by atoms with E-state index in [0.717, 1.165) is 0 Å². The molecule has 0 amide bonds. The SMILES string of the molecule is CC.CN1C=CSc2ccccc21. The maximum Gasteiger partial charge on any atom is 0.0545 e. The molecule has 1 heterocycles. The van der Waals surface area contributed by atoms with Crippen LogP contribution in [-0.2, 0) is 0 Å². The van der Waals surface area contributed by atoms with E-state index in [1.54, 1.807) is 11.8 Å². The lowest BCUT2D eigenvalue weighted by Crippen LogP contribution is -2.10. The van der Waals surface area contributed by atoms with Crippen molar-refractivity contribution in [1.29, 1.82) is 0 Å². The van der Waals surface area contributed by atoms with Gasteiger partial charge in [0.25, 0.3) is 0 Å². The first-order valence-corrected chi connectivity index (χ1v) is 5.41. The smallest absolute Gasteiger partial charge is 0.0545 e. The quantitative estimate of drug-likeness (QED) is 0.617. The number of nitrogens with zero attached hydrogens (tertiary/aromatic N) is 1. The Labute approximate surface area is 84.4 Å². The molecule has 1 aliphatic heterocycles. The molecule has 1 nitrogen and oxygen atoms in total. The molecule has 0 spiro atoms. The predicted octanol–water partition coefficient (Wildman–Crippen LogP) is 3.73. The summed E-state index contributed by atoms with van der Waals surface area (Å²) in [5.41, 5.74) is 1.29. The molecule has 1 aliphatic rings. The van der Waals surface area contributed by atoms with E-state index in [4.69, 9.17) is 0 Å². The molecule has 0 saturated heterocycles. The van der Waals surface area contributed by atoms with E-state index in [2.05, 4.69) is 47.8 Å². The second kappa shape index (κ2) is 4.97. The van der Waals surface area contributed by atoms with E-state index in [1.807, 2.05) is 13.8 Å². The average Bonchev–Trinajstić information content (AvgIpc) is 2.22. The highest BCUT2D eigenvalue weighted by Gasteiger charge is 2.07. The van der Waals surface area contributed by atoms with Gasteiger partial charge in [-0.15, -0.1) is 0 Å². The van der Waals surface area contributed by atoms with E-state index < -0.39 is 0 Å². The summed E-state index contributed by atoms with van der Waals surface area (Å²) in [7, 11) is 2.06. The summed E-state index contributed by atoms with van der Waals surface area (Å²) in [6.07, 6.45) is 2.08. The molecule has 0 radical (unpaired) electrons. The molecule has 1 aromatic rings. The summed E-state index contributed by atoms with van der Waals surface area (Å²) in [4.78, 5) is 3.46. The van der Waals surface area contributed by atoms with Crippen molar-refractivity contribution in [3.63, 3.8) is 0 Å². The van der Waals surface area contributed by atoms with E-state index in [9.17, 15) is 0 Å². The maximum atomic E-state index is 2.14. The van der Waals surface area contributed by atoms with Gasteiger partial charge in [0.2, 0.25) is 0 Å². The van der Waals surface area contributed by atoms with Gasteiger partial charge in [-0.1, -0.05) is 37.7 Å². The summed E-state index contributed by atoms with van der Waals surface area (Å²) in [5, 5.41) is 2.10. The van der Waals surface area contributed by atoms with Crippen molar-refractivity contribution in [1.82, 2.24) is 0 Å². The number of hydrogen-bond acceptors (Lipinski definition) is 2. The Bertz CT molecular complexity index is 294. The zero-order chi connectivity index (χ0) is 9.68. The fraction of sp³-hybridized carbons (Fsp3) is 0.273. The number of para-hydroxylation sites is 1. The monoisotopic (exact) mass is 193 g/mol. The van der Waals surface area contributed by atoms with Gasteiger partial charge in [0.15, 0.2) is 0 Å². The second-order valence-corrected chi connectivity index (χ2v) is 3.43. The van der Waals surface area contributed by atoms with Crippen molar-refractivity contribution in [2.24, 2.45) is 0 Å². The molecule has 13 heavy (non-hydrogen) atoms. The average molecular weight is 193 g/mol. The highest BCUT2D eigenvalue weighted by atomic mass is 32.2. The van der Waals surface area contributed by atoms with Gasteiger partial charge >= 0.3 is 0 Å². The second-order valence-electron chi connectivity index (χ2n) is 2.48. The molecule has 0 saturated carbocycles. The Morgan fingerprint density at radius 3 is 2.54 bits per heavy atom. The van der Waals surface area contributed by atoms with Gasteiger partial charge in [0.1, 0.15) is 0 Å². The van der Waals surface area contributed by atoms with Gasteiger partial charge < -0.3 is 4.90 Å². The van der Waals surface area contributed by atoms with Crippen molar-refractivity contribution in [2.45, 2.75) is 18.7 Å². The van der Waals surface area contributed by atoms with Crippen LogP contribution in [0.5, 0.6) is 0 Å². The molecule has 70 valence electrons. The van der Waals surface area contributed by atoms with Crippen LogP contribution in [0.15, 0.2) is 40.8 Å². The van der Waals surface area contributed by atoms with Crippen molar-refractivity contribution in [3.05, 3.63) is 35.9 Å². The summed E-state index contributed by atoms with van der Waals surface area (Å²) >= 11 is 1.77. The number of rotatable bonds is 0. The zero-order valence-electron chi connectivity index (χ0n) is 8.32. The highest BCUT2D eigenvalue weighted by Crippen LogP contribution is 2.33. The third kappa shape index (κ3) is 2.28. The van der Waals surface area contributed by atoms with Gasteiger partial charge in [-0.2, -0.15) is 0 Å². The van der Waals surface area contributed by atoms with Crippen LogP contribution in [0.25, 0.3) is 0 Å². The topological polar surface area (TPSA) is 3.24 Å². The number of benzene rings is 1. The molecule has 0 unspecified atom stereocenters. The van der Waals surface area contributed by atoms with Crippen LogP contribution in [-0.4, -0.2) is 7.05 Å². The first kappa shape index (κ1) is 10.2. The fourth-order valence-corrected chi connectivity index (χ4v) is 2.00. The van der Waals surface area contributed by atoms with Crippen molar-refractivity contribution in [3.8, 4) is 0 Å². The van der Waals surface area contributed by atoms with Crippen LogP contribution < -0.4 is 4.90 Å². The number of anilines is 1. The zero-order valence-corrected chi connectivity index (χ0v) is 9.14. The molecule has 2 rings (SSSR count). The van der Waals surface area contributed by atoms with Crippen LogP contribution in [0.4, 0.5) is 5.69 Å². The molecular weight excluding hydrogens is 178 g/mol. The van der Waals surface area contributed by atoms with Crippen molar-refractivity contribution in [2.75, 3.05) is 11.9 Å². The van der Waals surface area contributed by atoms with E-state index >= 15 is 0 Å². The van der Waals surface area contributed by atoms with Crippen LogP contribution in [0, 0.1) is 0 Å². The number of hydrogen-bond donors (Lipinski definition) is 0. The fourth-order valence-electron chi connectivity index (χ4n) is 1.12. The van der Waals surface area contributed by atoms with Gasteiger partial charge in [-0.25, -0.2) is 0 Å². The summed E-state index contributed by atoms with van der Waals surface area (Å²) in [6.45, 7) is 4.00. The number of fused-ring (bicyclic) bond motifs is 1. The van der Waals surface area contributed by atoms with Crippen LogP contribution in [0.1, 0.15) is 13.8 Å². The Morgan fingerprint density at radius 2 is 1.85 bits per heavy atom. The van der Waals surface area contributed by atoms with E-state index in [1.165, 1.54) is 10.6 Å². The van der Waals surface area contributed by atoms with Crippen molar-refractivity contribution < 1.29 is 0 Å². The summed E-state index contributed by atoms with van der Waals surface area (Å²) in [5.74, 6) is 0. The van der Waals surface area contributed by atoms with Gasteiger partial charge in [0, 0.05) is 18.1 Å². The summed E-state index contributed by atoms with van der Waals surface area (Å²) in [6, 6.07) is 8.40. The predicted molar refractivity (Wildman–Crippen MR) is 61.2 cm³/mol. The lowest BCUT2D eigenvalue weighted by Gasteiger charge is -2.20. The highest BCUT2D eigenvalue weighted by molar-refractivity contribution is 8.02. The van der Waals surface area contributed by atoms with Crippen LogP contribution in [0.3, 0.4) is 0 Å². The van der Waals surface area contributed by atoms with Gasteiger partial charge in [-0.3, -0.25) is 0 Å². The normalized spacial score (nSPS) is 13.0. The Morgan fingerprint density at radius 1 is 1.15 bits per heavy atom.